The SMILES string of the molecule is CC1CC1N(C(C)C)P(OCC(C)(C)C)N(C(C)C)C(C)C. The van der Waals surface area contributed by atoms with Crippen molar-refractivity contribution in [2.75, 3.05) is 6.61 Å². The molecule has 3 nitrogen and oxygen atoms in total. The fourth-order valence-electron chi connectivity index (χ4n) is 2.87. The highest BCUT2D eigenvalue weighted by Gasteiger charge is 2.46. The van der Waals surface area contributed by atoms with Crippen LogP contribution >= 0.6 is 8.45 Å². The molecular formula is C18H39N2OP. The smallest absolute Gasteiger partial charge is 0.188 e. The van der Waals surface area contributed by atoms with Crippen LogP contribution in [0.15, 0.2) is 0 Å². The van der Waals surface area contributed by atoms with E-state index in [0.29, 0.717) is 24.2 Å². The molecule has 3 atom stereocenters. The van der Waals surface area contributed by atoms with Crippen molar-refractivity contribution in [2.24, 2.45) is 11.3 Å². The summed E-state index contributed by atoms with van der Waals surface area (Å²) in [5, 5.41) is 0. The van der Waals surface area contributed by atoms with E-state index in [4.69, 9.17) is 4.52 Å². The van der Waals surface area contributed by atoms with Gasteiger partial charge in [0.15, 0.2) is 8.45 Å². The molecule has 1 saturated carbocycles. The van der Waals surface area contributed by atoms with E-state index >= 15 is 0 Å². The molecule has 0 aliphatic heterocycles. The molecule has 1 aliphatic carbocycles. The Morgan fingerprint density at radius 2 is 1.45 bits per heavy atom. The van der Waals surface area contributed by atoms with Gasteiger partial charge in [-0.15, -0.1) is 0 Å². The Balaban J connectivity index is 3.02. The highest BCUT2D eigenvalue weighted by Crippen LogP contribution is 2.56. The first kappa shape index (κ1) is 20.4. The van der Waals surface area contributed by atoms with Crippen LogP contribution in [0.5, 0.6) is 0 Å². The zero-order valence-electron chi connectivity index (χ0n) is 16.6. The molecule has 3 unspecified atom stereocenters. The standard InChI is InChI=1S/C18H39N2OP/c1-13(2)19(14(3)4)22(21-12-18(8,9)10)20(15(5)6)17-11-16(17)7/h13-17H,11-12H2,1-10H3. The van der Waals surface area contributed by atoms with Crippen LogP contribution in [0.3, 0.4) is 0 Å². The first-order valence-electron chi connectivity index (χ1n) is 8.95. The van der Waals surface area contributed by atoms with Gasteiger partial charge in [0.2, 0.25) is 0 Å². The van der Waals surface area contributed by atoms with E-state index in [0.717, 1.165) is 12.5 Å². The van der Waals surface area contributed by atoms with E-state index < -0.39 is 8.45 Å². The molecule has 0 aromatic heterocycles. The summed E-state index contributed by atoms with van der Waals surface area (Å²) in [7, 11) is -0.707. The van der Waals surface area contributed by atoms with Gasteiger partial charge in [0.05, 0.1) is 6.61 Å². The molecule has 0 aromatic rings. The Morgan fingerprint density at radius 3 is 1.73 bits per heavy atom. The van der Waals surface area contributed by atoms with E-state index in [1.54, 1.807) is 0 Å². The van der Waals surface area contributed by atoms with E-state index in [2.05, 4.69) is 78.6 Å². The van der Waals surface area contributed by atoms with E-state index in [-0.39, 0.29) is 5.41 Å². The lowest BCUT2D eigenvalue weighted by Gasteiger charge is -2.45. The largest absolute Gasteiger partial charge is 0.331 e. The Morgan fingerprint density at radius 1 is 1.00 bits per heavy atom. The minimum Gasteiger partial charge on any atom is -0.331 e. The van der Waals surface area contributed by atoms with Crippen molar-refractivity contribution < 1.29 is 4.52 Å². The third kappa shape index (κ3) is 5.74. The van der Waals surface area contributed by atoms with Gasteiger partial charge in [-0.1, -0.05) is 27.7 Å². The monoisotopic (exact) mass is 330 g/mol. The maximum Gasteiger partial charge on any atom is 0.188 e. The summed E-state index contributed by atoms with van der Waals surface area (Å²) < 4.78 is 11.8. The predicted molar refractivity (Wildman–Crippen MR) is 99.0 cm³/mol. The second-order valence-corrected chi connectivity index (χ2v) is 10.6. The predicted octanol–water partition coefficient (Wildman–Crippen LogP) is 5.51. The summed E-state index contributed by atoms with van der Waals surface area (Å²) >= 11 is 0. The molecule has 1 aliphatic rings. The third-order valence-electron chi connectivity index (χ3n) is 4.00. The second-order valence-electron chi connectivity index (χ2n) is 8.91. The number of hydrogen-bond acceptors (Lipinski definition) is 3. The number of nitrogens with zero attached hydrogens (tertiary/aromatic N) is 2. The van der Waals surface area contributed by atoms with Gasteiger partial charge in [-0.25, -0.2) is 9.34 Å². The summed E-state index contributed by atoms with van der Waals surface area (Å²) in [5.74, 6) is 0.812. The molecule has 0 aromatic carbocycles. The summed E-state index contributed by atoms with van der Waals surface area (Å²) in [6, 6.07) is 2.23. The van der Waals surface area contributed by atoms with Crippen molar-refractivity contribution in [2.45, 2.75) is 99.8 Å². The third-order valence-corrected chi connectivity index (χ3v) is 6.83. The maximum atomic E-state index is 6.58. The molecule has 4 heteroatoms. The van der Waals surface area contributed by atoms with Crippen LogP contribution in [-0.2, 0) is 4.52 Å². The lowest BCUT2D eigenvalue weighted by molar-refractivity contribution is 0.152. The highest BCUT2D eigenvalue weighted by molar-refractivity contribution is 7.47. The van der Waals surface area contributed by atoms with Crippen molar-refractivity contribution >= 4 is 8.45 Å². The van der Waals surface area contributed by atoms with Crippen LogP contribution in [0, 0.1) is 11.3 Å². The van der Waals surface area contributed by atoms with Crippen molar-refractivity contribution in [3.63, 3.8) is 0 Å². The molecule has 132 valence electrons. The highest BCUT2D eigenvalue weighted by atomic mass is 31.2. The molecule has 0 saturated heterocycles. The van der Waals surface area contributed by atoms with E-state index in [1.165, 1.54) is 6.42 Å². The molecule has 0 radical (unpaired) electrons. The van der Waals surface area contributed by atoms with Crippen molar-refractivity contribution in [3.8, 4) is 0 Å². The van der Waals surface area contributed by atoms with Gasteiger partial charge in [0.1, 0.15) is 0 Å². The first-order valence-corrected chi connectivity index (χ1v) is 10.1. The lowest BCUT2D eigenvalue weighted by atomic mass is 9.99. The van der Waals surface area contributed by atoms with Crippen LogP contribution in [0.25, 0.3) is 0 Å². The Labute approximate surface area is 140 Å². The van der Waals surface area contributed by atoms with Gasteiger partial charge < -0.3 is 4.52 Å². The molecule has 0 spiro atoms. The number of rotatable bonds is 8. The van der Waals surface area contributed by atoms with Gasteiger partial charge >= 0.3 is 0 Å². The minimum absolute atomic E-state index is 0.206. The van der Waals surface area contributed by atoms with Crippen LogP contribution in [-0.4, -0.2) is 40.1 Å². The van der Waals surface area contributed by atoms with Gasteiger partial charge in [-0.2, -0.15) is 0 Å². The molecule has 0 amide bonds. The Kier molecular flexibility index (Phi) is 7.33. The van der Waals surface area contributed by atoms with Gasteiger partial charge in [-0.3, -0.25) is 0 Å². The van der Waals surface area contributed by atoms with Gasteiger partial charge in [0.25, 0.3) is 0 Å². The first-order chi connectivity index (χ1) is 9.95. The Hall–Kier alpha value is 0.310. The van der Waals surface area contributed by atoms with Crippen molar-refractivity contribution in [3.05, 3.63) is 0 Å². The van der Waals surface area contributed by atoms with E-state index in [9.17, 15) is 0 Å². The van der Waals surface area contributed by atoms with Gasteiger partial charge in [-0.05, 0) is 59.3 Å². The second kappa shape index (κ2) is 7.92. The zero-order chi connectivity index (χ0) is 17.2. The topological polar surface area (TPSA) is 15.7 Å². The van der Waals surface area contributed by atoms with Gasteiger partial charge in [0, 0.05) is 24.2 Å². The summed E-state index contributed by atoms with van der Waals surface area (Å²) in [6.07, 6.45) is 1.32. The molecule has 1 fully saturated rings. The fraction of sp³-hybridized carbons (Fsp3) is 1.00. The molecule has 1 rings (SSSR count). The number of hydrogen-bond donors (Lipinski definition) is 0. The van der Waals surface area contributed by atoms with Crippen LogP contribution in [0.1, 0.15) is 75.7 Å². The maximum absolute atomic E-state index is 6.58. The molecular weight excluding hydrogens is 291 g/mol. The molecule has 22 heavy (non-hydrogen) atoms. The molecule has 0 N–H and O–H groups in total. The van der Waals surface area contributed by atoms with Crippen LogP contribution in [0.4, 0.5) is 0 Å². The summed E-state index contributed by atoms with van der Waals surface area (Å²) in [5.41, 5.74) is 0.206. The quantitative estimate of drug-likeness (QED) is 0.545. The summed E-state index contributed by atoms with van der Waals surface area (Å²) in [4.78, 5) is 0. The summed E-state index contributed by atoms with van der Waals surface area (Å²) in [6.45, 7) is 23.8. The van der Waals surface area contributed by atoms with Crippen LogP contribution in [0.2, 0.25) is 0 Å². The van der Waals surface area contributed by atoms with Crippen molar-refractivity contribution in [1.29, 1.82) is 0 Å². The molecule has 0 heterocycles. The van der Waals surface area contributed by atoms with Crippen LogP contribution < -0.4 is 0 Å². The lowest BCUT2D eigenvalue weighted by Crippen LogP contribution is -2.42. The molecule has 0 bridgehead atoms. The van der Waals surface area contributed by atoms with Crippen molar-refractivity contribution in [1.82, 2.24) is 9.34 Å². The van der Waals surface area contributed by atoms with E-state index in [1.807, 2.05) is 0 Å². The Bertz CT molecular complexity index is 330. The average molecular weight is 330 g/mol. The zero-order valence-corrected chi connectivity index (χ0v) is 17.4. The fourth-order valence-corrected chi connectivity index (χ4v) is 5.64. The average Bonchev–Trinajstić information content (AvgIpc) is 3.00. The minimum atomic E-state index is -0.707. The normalized spacial score (nSPS) is 24.1.